The zero-order chi connectivity index (χ0) is 18.3. The first-order valence-electron chi connectivity index (χ1n) is 8.72. The van der Waals surface area contributed by atoms with Gasteiger partial charge in [0.2, 0.25) is 5.91 Å². The summed E-state index contributed by atoms with van der Waals surface area (Å²) >= 11 is 0. The van der Waals surface area contributed by atoms with Gasteiger partial charge < -0.3 is 20.3 Å². The van der Waals surface area contributed by atoms with Crippen LogP contribution in [-0.4, -0.2) is 30.5 Å². The normalized spacial score (nSPS) is 18.0. The number of nitrogens with one attached hydrogen (secondary N) is 2. The largest absolute Gasteiger partial charge is 0.497 e. The van der Waals surface area contributed by atoms with Crippen molar-refractivity contribution in [3.05, 3.63) is 53.1 Å². The van der Waals surface area contributed by atoms with Crippen molar-refractivity contribution < 1.29 is 14.3 Å². The zero-order valence-corrected chi connectivity index (χ0v) is 14.8. The van der Waals surface area contributed by atoms with Gasteiger partial charge >= 0.3 is 6.03 Å². The van der Waals surface area contributed by atoms with Gasteiger partial charge in [-0.3, -0.25) is 4.79 Å². The highest BCUT2D eigenvalue weighted by atomic mass is 16.5. The fourth-order valence-electron chi connectivity index (χ4n) is 3.70. The topological polar surface area (TPSA) is 70.7 Å². The summed E-state index contributed by atoms with van der Waals surface area (Å²) in [4.78, 5) is 26.1. The Kier molecular flexibility index (Phi) is 4.03. The minimum absolute atomic E-state index is 0.0151. The monoisotopic (exact) mass is 351 g/mol. The third-order valence-electron chi connectivity index (χ3n) is 5.14. The maximum absolute atomic E-state index is 12.8. The van der Waals surface area contributed by atoms with Gasteiger partial charge in [0.25, 0.3) is 0 Å². The number of methoxy groups -OCH3 is 1. The van der Waals surface area contributed by atoms with E-state index in [4.69, 9.17) is 4.74 Å². The molecule has 1 atom stereocenters. The molecule has 2 aromatic carbocycles. The number of hydrogen-bond acceptors (Lipinski definition) is 3. The highest BCUT2D eigenvalue weighted by Gasteiger charge is 2.28. The van der Waals surface area contributed by atoms with Gasteiger partial charge in [-0.05, 0) is 60.4 Å². The van der Waals surface area contributed by atoms with E-state index in [9.17, 15) is 9.59 Å². The summed E-state index contributed by atoms with van der Waals surface area (Å²) < 4.78 is 5.32. The molecule has 2 aromatic rings. The average Bonchev–Trinajstić information content (AvgIpc) is 3.01. The van der Waals surface area contributed by atoms with Crippen LogP contribution in [0.5, 0.6) is 5.75 Å². The molecule has 0 saturated carbocycles. The van der Waals surface area contributed by atoms with Crippen LogP contribution < -0.4 is 15.4 Å². The van der Waals surface area contributed by atoms with Gasteiger partial charge in [0.15, 0.2) is 0 Å². The molecule has 0 bridgehead atoms. The molecule has 0 fully saturated rings. The van der Waals surface area contributed by atoms with Gasteiger partial charge in [-0.2, -0.15) is 0 Å². The first-order chi connectivity index (χ1) is 12.5. The van der Waals surface area contributed by atoms with Crippen LogP contribution in [0.4, 0.5) is 16.2 Å². The summed E-state index contributed by atoms with van der Waals surface area (Å²) in [5.74, 6) is 0.785. The molecular formula is C20H21N3O3. The summed E-state index contributed by atoms with van der Waals surface area (Å²) in [5.41, 5.74) is 4.81. The molecule has 2 aliphatic heterocycles. The van der Waals surface area contributed by atoms with Gasteiger partial charge in [-0.15, -0.1) is 0 Å². The molecule has 0 radical (unpaired) electrons. The van der Waals surface area contributed by atoms with Gasteiger partial charge in [-0.25, -0.2) is 4.79 Å². The van der Waals surface area contributed by atoms with Crippen LogP contribution in [0, 0.1) is 0 Å². The molecule has 0 aliphatic carbocycles. The number of rotatable bonds is 2. The molecule has 4 rings (SSSR count). The average molecular weight is 351 g/mol. The number of carbonyl (C=O) groups is 2. The highest BCUT2D eigenvalue weighted by Crippen LogP contribution is 2.33. The van der Waals surface area contributed by atoms with Crippen LogP contribution in [0.2, 0.25) is 0 Å². The number of nitrogens with zero attached hydrogens (tertiary/aromatic N) is 1. The number of carbonyl (C=O) groups excluding carboxylic acids is 2. The van der Waals surface area contributed by atoms with Crippen molar-refractivity contribution in [2.24, 2.45) is 0 Å². The lowest BCUT2D eigenvalue weighted by molar-refractivity contribution is -0.115. The molecule has 134 valence electrons. The molecule has 2 aliphatic rings. The Labute approximate surface area is 152 Å². The second-order valence-corrected chi connectivity index (χ2v) is 6.71. The Morgan fingerprint density at radius 3 is 2.88 bits per heavy atom. The predicted molar refractivity (Wildman–Crippen MR) is 99.6 cm³/mol. The number of hydrogen-bond donors (Lipinski definition) is 2. The molecule has 0 saturated heterocycles. The van der Waals surface area contributed by atoms with Crippen molar-refractivity contribution in [1.82, 2.24) is 4.90 Å². The first kappa shape index (κ1) is 16.4. The fraction of sp³-hybridized carbons (Fsp3) is 0.300. The van der Waals surface area contributed by atoms with E-state index in [1.54, 1.807) is 7.11 Å². The molecule has 6 heteroatoms. The number of benzene rings is 2. The number of amides is 3. The van der Waals surface area contributed by atoms with E-state index >= 15 is 0 Å². The smallest absolute Gasteiger partial charge is 0.322 e. The Balaban J connectivity index is 1.52. The van der Waals surface area contributed by atoms with Crippen LogP contribution >= 0.6 is 0 Å². The van der Waals surface area contributed by atoms with Gasteiger partial charge in [0.05, 0.1) is 19.6 Å². The lowest BCUT2D eigenvalue weighted by Crippen LogP contribution is -2.41. The van der Waals surface area contributed by atoms with Crippen LogP contribution in [0.15, 0.2) is 36.4 Å². The molecule has 0 aromatic heterocycles. The fourth-order valence-corrected chi connectivity index (χ4v) is 3.70. The van der Waals surface area contributed by atoms with E-state index < -0.39 is 0 Å². The van der Waals surface area contributed by atoms with Crippen molar-refractivity contribution in [2.75, 3.05) is 24.3 Å². The second kappa shape index (κ2) is 6.37. The van der Waals surface area contributed by atoms with Crippen LogP contribution in [-0.2, 0) is 17.6 Å². The van der Waals surface area contributed by atoms with Gasteiger partial charge in [0.1, 0.15) is 5.75 Å². The lowest BCUT2D eigenvalue weighted by Gasteiger charge is -2.35. The van der Waals surface area contributed by atoms with E-state index in [0.29, 0.717) is 18.7 Å². The molecule has 26 heavy (non-hydrogen) atoms. The molecule has 1 unspecified atom stereocenters. The zero-order valence-electron chi connectivity index (χ0n) is 14.8. The van der Waals surface area contributed by atoms with E-state index in [1.165, 1.54) is 5.56 Å². The number of fused-ring (bicyclic) bond motifs is 2. The summed E-state index contributed by atoms with van der Waals surface area (Å²) in [6, 6.07) is 11.4. The molecule has 2 N–H and O–H groups in total. The summed E-state index contributed by atoms with van der Waals surface area (Å²) in [6.07, 6.45) is 1.17. The van der Waals surface area contributed by atoms with Crippen molar-refractivity contribution >= 4 is 23.3 Å². The number of ether oxygens (including phenoxy) is 1. The summed E-state index contributed by atoms with van der Waals surface area (Å²) in [6.45, 7) is 2.69. The van der Waals surface area contributed by atoms with Crippen molar-refractivity contribution in [2.45, 2.75) is 25.8 Å². The molecule has 0 spiro atoms. The number of anilines is 2. The number of urea groups is 1. The molecule has 6 nitrogen and oxygen atoms in total. The van der Waals surface area contributed by atoms with E-state index in [1.807, 2.05) is 42.2 Å². The second-order valence-electron chi connectivity index (χ2n) is 6.71. The minimum Gasteiger partial charge on any atom is -0.497 e. The molecular weight excluding hydrogens is 330 g/mol. The van der Waals surface area contributed by atoms with E-state index in [0.717, 1.165) is 29.0 Å². The Hall–Kier alpha value is -3.02. The van der Waals surface area contributed by atoms with Gasteiger partial charge in [0, 0.05) is 17.9 Å². The van der Waals surface area contributed by atoms with Crippen LogP contribution in [0.25, 0.3) is 0 Å². The lowest BCUT2D eigenvalue weighted by atomic mass is 9.93. The SMILES string of the molecule is COc1ccc2c(c1)C(C)N(C(=O)Nc1ccc3c(c1)CC(=O)N3)CC2. The Morgan fingerprint density at radius 2 is 2.08 bits per heavy atom. The van der Waals surface area contributed by atoms with E-state index in [2.05, 4.69) is 16.7 Å². The Bertz CT molecular complexity index is 894. The third-order valence-corrected chi connectivity index (χ3v) is 5.14. The summed E-state index contributed by atoms with van der Waals surface area (Å²) in [5, 5.41) is 5.76. The summed E-state index contributed by atoms with van der Waals surface area (Å²) in [7, 11) is 1.65. The minimum atomic E-state index is -0.136. The first-order valence-corrected chi connectivity index (χ1v) is 8.72. The molecule has 2 heterocycles. The Morgan fingerprint density at radius 1 is 1.23 bits per heavy atom. The maximum atomic E-state index is 12.8. The van der Waals surface area contributed by atoms with Crippen molar-refractivity contribution in [3.8, 4) is 5.75 Å². The van der Waals surface area contributed by atoms with E-state index in [-0.39, 0.29) is 18.0 Å². The van der Waals surface area contributed by atoms with Crippen molar-refractivity contribution in [3.63, 3.8) is 0 Å². The standard InChI is InChI=1S/C20H21N3O3/c1-12-17-11-16(26-2)5-3-13(17)7-8-23(12)20(25)21-15-4-6-18-14(9-15)10-19(24)22-18/h3-6,9,11-12H,7-8,10H2,1-2H3,(H,21,25)(H,22,24). The third kappa shape index (κ3) is 2.87. The highest BCUT2D eigenvalue weighted by molar-refractivity contribution is 6.00. The predicted octanol–water partition coefficient (Wildman–Crippen LogP) is 3.34. The van der Waals surface area contributed by atoms with Gasteiger partial charge in [-0.1, -0.05) is 6.07 Å². The quantitative estimate of drug-likeness (QED) is 0.872. The van der Waals surface area contributed by atoms with Crippen molar-refractivity contribution in [1.29, 1.82) is 0 Å². The van der Waals surface area contributed by atoms with Crippen LogP contribution in [0.3, 0.4) is 0 Å². The van der Waals surface area contributed by atoms with Crippen LogP contribution in [0.1, 0.15) is 29.7 Å². The maximum Gasteiger partial charge on any atom is 0.322 e. The molecule has 3 amide bonds.